The number of hydrogen-bond acceptors (Lipinski definition) is 3. The molecular formula is C11H19N3O2. The van der Waals surface area contributed by atoms with Crippen LogP contribution in [-0.4, -0.2) is 49.4 Å². The van der Waals surface area contributed by atoms with Crippen LogP contribution >= 0.6 is 0 Å². The fourth-order valence-electron chi connectivity index (χ4n) is 2.57. The Kier molecular flexibility index (Phi) is 3.43. The smallest absolute Gasteiger partial charge is 0.242 e. The molecule has 2 aliphatic rings. The fraction of sp³-hybridized carbons (Fsp3) is 0.818. The summed E-state index contributed by atoms with van der Waals surface area (Å²) in [6, 6.07) is -0.238. The first-order valence-electron chi connectivity index (χ1n) is 5.97. The average molecular weight is 225 g/mol. The molecule has 2 N–H and O–H groups in total. The van der Waals surface area contributed by atoms with Crippen molar-refractivity contribution in [3.63, 3.8) is 0 Å². The van der Waals surface area contributed by atoms with Gasteiger partial charge in [0, 0.05) is 20.1 Å². The van der Waals surface area contributed by atoms with Crippen LogP contribution in [0.3, 0.4) is 0 Å². The maximum Gasteiger partial charge on any atom is 0.242 e. The number of hydrogen-bond donors (Lipinski definition) is 2. The van der Waals surface area contributed by atoms with E-state index in [-0.39, 0.29) is 23.8 Å². The van der Waals surface area contributed by atoms with Crippen molar-refractivity contribution in [3.05, 3.63) is 0 Å². The van der Waals surface area contributed by atoms with Crippen molar-refractivity contribution in [2.45, 2.75) is 25.3 Å². The Morgan fingerprint density at radius 1 is 1.38 bits per heavy atom. The SMILES string of the molecule is CNC(=O)C1CCCN1C(=O)C1CCNC1. The zero-order chi connectivity index (χ0) is 11.5. The van der Waals surface area contributed by atoms with Crippen molar-refractivity contribution in [1.29, 1.82) is 0 Å². The van der Waals surface area contributed by atoms with Crippen molar-refractivity contribution in [2.24, 2.45) is 5.92 Å². The van der Waals surface area contributed by atoms with Gasteiger partial charge in [0.25, 0.3) is 0 Å². The molecule has 5 heteroatoms. The lowest BCUT2D eigenvalue weighted by Crippen LogP contribution is -2.47. The summed E-state index contributed by atoms with van der Waals surface area (Å²) in [4.78, 5) is 25.6. The highest BCUT2D eigenvalue weighted by atomic mass is 16.2. The highest BCUT2D eigenvalue weighted by molar-refractivity contribution is 5.89. The second-order valence-electron chi connectivity index (χ2n) is 4.49. The lowest BCUT2D eigenvalue weighted by atomic mass is 10.1. The Hall–Kier alpha value is -1.10. The summed E-state index contributed by atoms with van der Waals surface area (Å²) >= 11 is 0. The monoisotopic (exact) mass is 225 g/mol. The lowest BCUT2D eigenvalue weighted by molar-refractivity contribution is -0.141. The summed E-state index contributed by atoms with van der Waals surface area (Å²) in [5, 5.41) is 5.82. The second-order valence-corrected chi connectivity index (χ2v) is 4.49. The van der Waals surface area contributed by atoms with Gasteiger partial charge in [-0.1, -0.05) is 0 Å². The number of amides is 2. The highest BCUT2D eigenvalue weighted by Crippen LogP contribution is 2.22. The summed E-state index contributed by atoms with van der Waals surface area (Å²) in [7, 11) is 1.63. The Balaban J connectivity index is 2.01. The predicted octanol–water partition coefficient (Wildman–Crippen LogP) is -0.667. The number of carbonyl (C=O) groups is 2. The van der Waals surface area contributed by atoms with Gasteiger partial charge < -0.3 is 15.5 Å². The summed E-state index contributed by atoms with van der Waals surface area (Å²) < 4.78 is 0. The van der Waals surface area contributed by atoms with Gasteiger partial charge in [-0.3, -0.25) is 9.59 Å². The topological polar surface area (TPSA) is 61.4 Å². The quantitative estimate of drug-likeness (QED) is 0.655. The molecule has 0 bridgehead atoms. The summed E-state index contributed by atoms with van der Waals surface area (Å²) in [5.74, 6) is 0.193. The molecule has 0 saturated carbocycles. The molecule has 2 rings (SSSR count). The van der Waals surface area contributed by atoms with Crippen molar-refractivity contribution in [1.82, 2.24) is 15.5 Å². The van der Waals surface area contributed by atoms with Gasteiger partial charge in [-0.2, -0.15) is 0 Å². The van der Waals surface area contributed by atoms with Gasteiger partial charge in [-0.15, -0.1) is 0 Å². The number of likely N-dealkylation sites (N-methyl/N-ethyl adjacent to an activating group) is 1. The standard InChI is InChI=1S/C11H19N3O2/c1-12-10(15)9-3-2-6-14(9)11(16)8-4-5-13-7-8/h8-9,13H,2-7H2,1H3,(H,12,15). The molecule has 2 aliphatic heterocycles. The number of nitrogens with one attached hydrogen (secondary N) is 2. The second kappa shape index (κ2) is 4.82. The van der Waals surface area contributed by atoms with E-state index in [1.54, 1.807) is 11.9 Å². The molecule has 0 spiro atoms. The first-order chi connectivity index (χ1) is 7.74. The zero-order valence-corrected chi connectivity index (χ0v) is 9.66. The Bertz CT molecular complexity index is 287. The van der Waals surface area contributed by atoms with E-state index < -0.39 is 0 Å². The van der Waals surface area contributed by atoms with Crippen molar-refractivity contribution in [3.8, 4) is 0 Å². The summed E-state index contributed by atoms with van der Waals surface area (Å²) in [5.41, 5.74) is 0. The van der Waals surface area contributed by atoms with E-state index in [1.807, 2.05) is 0 Å². The maximum absolute atomic E-state index is 12.2. The van der Waals surface area contributed by atoms with Gasteiger partial charge in [0.05, 0.1) is 5.92 Å². The van der Waals surface area contributed by atoms with E-state index in [9.17, 15) is 9.59 Å². The van der Waals surface area contributed by atoms with Gasteiger partial charge in [-0.05, 0) is 25.8 Å². The molecule has 2 unspecified atom stereocenters. The molecule has 2 amide bonds. The maximum atomic E-state index is 12.2. The largest absolute Gasteiger partial charge is 0.357 e. The highest BCUT2D eigenvalue weighted by Gasteiger charge is 2.37. The van der Waals surface area contributed by atoms with E-state index >= 15 is 0 Å². The number of nitrogens with zero attached hydrogens (tertiary/aromatic N) is 1. The lowest BCUT2D eigenvalue weighted by Gasteiger charge is -2.25. The van der Waals surface area contributed by atoms with E-state index in [2.05, 4.69) is 10.6 Å². The molecule has 0 aromatic rings. The third-order valence-corrected chi connectivity index (χ3v) is 3.49. The van der Waals surface area contributed by atoms with Gasteiger partial charge >= 0.3 is 0 Å². The average Bonchev–Trinajstić information content (AvgIpc) is 2.97. The molecule has 0 radical (unpaired) electrons. The van der Waals surface area contributed by atoms with Gasteiger partial charge in [-0.25, -0.2) is 0 Å². The first kappa shape index (κ1) is 11.4. The van der Waals surface area contributed by atoms with Crippen LogP contribution in [0.2, 0.25) is 0 Å². The molecule has 2 heterocycles. The third kappa shape index (κ3) is 2.04. The normalized spacial score (nSPS) is 29.4. The number of carbonyl (C=O) groups excluding carboxylic acids is 2. The van der Waals surface area contributed by atoms with Crippen LogP contribution in [0.4, 0.5) is 0 Å². The molecule has 0 aromatic carbocycles. The molecule has 5 nitrogen and oxygen atoms in total. The Labute approximate surface area is 95.6 Å². The van der Waals surface area contributed by atoms with Crippen LogP contribution in [0, 0.1) is 5.92 Å². The van der Waals surface area contributed by atoms with E-state index in [0.29, 0.717) is 0 Å². The van der Waals surface area contributed by atoms with Gasteiger partial charge in [0.1, 0.15) is 6.04 Å². The Morgan fingerprint density at radius 2 is 2.19 bits per heavy atom. The molecule has 0 aromatic heterocycles. The predicted molar refractivity (Wildman–Crippen MR) is 59.8 cm³/mol. The van der Waals surface area contributed by atoms with E-state index in [1.165, 1.54) is 0 Å². The fourth-order valence-corrected chi connectivity index (χ4v) is 2.57. The van der Waals surface area contributed by atoms with Crippen molar-refractivity contribution >= 4 is 11.8 Å². The van der Waals surface area contributed by atoms with Gasteiger partial charge in [0.15, 0.2) is 0 Å². The molecule has 2 saturated heterocycles. The van der Waals surface area contributed by atoms with E-state index in [4.69, 9.17) is 0 Å². The third-order valence-electron chi connectivity index (χ3n) is 3.49. The van der Waals surface area contributed by atoms with Gasteiger partial charge in [0.2, 0.25) is 11.8 Å². The summed E-state index contributed by atoms with van der Waals surface area (Å²) in [6.45, 7) is 2.40. The molecule has 0 aliphatic carbocycles. The number of likely N-dealkylation sites (tertiary alicyclic amines) is 1. The number of rotatable bonds is 2. The first-order valence-corrected chi connectivity index (χ1v) is 5.97. The van der Waals surface area contributed by atoms with Crippen LogP contribution in [0.15, 0.2) is 0 Å². The Morgan fingerprint density at radius 3 is 2.81 bits per heavy atom. The van der Waals surface area contributed by atoms with Crippen LogP contribution in [0.1, 0.15) is 19.3 Å². The molecule has 16 heavy (non-hydrogen) atoms. The molecule has 2 atom stereocenters. The minimum atomic E-state index is -0.238. The minimum Gasteiger partial charge on any atom is -0.357 e. The van der Waals surface area contributed by atoms with Crippen molar-refractivity contribution < 1.29 is 9.59 Å². The van der Waals surface area contributed by atoms with E-state index in [0.717, 1.165) is 38.9 Å². The van der Waals surface area contributed by atoms with Crippen LogP contribution in [0.25, 0.3) is 0 Å². The molecular weight excluding hydrogens is 206 g/mol. The minimum absolute atomic E-state index is 0.0307. The van der Waals surface area contributed by atoms with Crippen LogP contribution in [0.5, 0.6) is 0 Å². The van der Waals surface area contributed by atoms with Crippen LogP contribution in [-0.2, 0) is 9.59 Å². The zero-order valence-electron chi connectivity index (χ0n) is 9.66. The van der Waals surface area contributed by atoms with Crippen LogP contribution < -0.4 is 10.6 Å². The molecule has 2 fully saturated rings. The van der Waals surface area contributed by atoms with Crippen molar-refractivity contribution in [2.75, 3.05) is 26.7 Å². The summed E-state index contributed by atoms with van der Waals surface area (Å²) in [6.07, 6.45) is 2.63. The molecule has 90 valence electrons.